The van der Waals surface area contributed by atoms with E-state index in [2.05, 4.69) is 39.0 Å². The number of aromatic nitrogens is 4. The molecule has 5 nitrogen and oxygen atoms in total. The van der Waals surface area contributed by atoms with Crippen LogP contribution >= 0.6 is 11.6 Å². The maximum absolute atomic E-state index is 5.92. The van der Waals surface area contributed by atoms with Gasteiger partial charge in [0.25, 0.3) is 0 Å². The average Bonchev–Trinajstić information content (AvgIpc) is 3.13. The van der Waals surface area contributed by atoms with Crippen LogP contribution in [0.5, 0.6) is 0 Å². The summed E-state index contributed by atoms with van der Waals surface area (Å²) in [5.41, 5.74) is 5.23. The number of nitrogens with one attached hydrogen (secondary N) is 1. The second-order valence-corrected chi connectivity index (χ2v) is 6.23. The van der Waals surface area contributed by atoms with Crippen LogP contribution in [0, 0.1) is 0 Å². The minimum Gasteiger partial charge on any atom is -0.308 e. The lowest BCUT2D eigenvalue weighted by Crippen LogP contribution is -2.13. The van der Waals surface area contributed by atoms with Crippen LogP contribution in [0.4, 0.5) is 0 Å². The molecule has 2 aromatic heterocycles. The zero-order valence-electron chi connectivity index (χ0n) is 13.4. The Hall–Kier alpha value is -2.76. The first-order chi connectivity index (χ1) is 12.3. The van der Waals surface area contributed by atoms with Crippen molar-refractivity contribution < 1.29 is 0 Å². The van der Waals surface area contributed by atoms with Gasteiger partial charge in [-0.15, -0.1) is 5.10 Å². The van der Waals surface area contributed by atoms with Crippen molar-refractivity contribution >= 4 is 17.2 Å². The molecule has 2 aromatic carbocycles. The Morgan fingerprint density at radius 3 is 2.52 bits per heavy atom. The van der Waals surface area contributed by atoms with Crippen molar-refractivity contribution in [2.45, 2.75) is 13.1 Å². The molecule has 25 heavy (non-hydrogen) atoms. The summed E-state index contributed by atoms with van der Waals surface area (Å²) in [6.45, 7) is 1.42. The van der Waals surface area contributed by atoms with Gasteiger partial charge < -0.3 is 5.32 Å². The van der Waals surface area contributed by atoms with Gasteiger partial charge in [0.1, 0.15) is 0 Å². The van der Waals surface area contributed by atoms with E-state index in [1.54, 1.807) is 4.52 Å². The number of hydrogen-bond acceptors (Lipinski definition) is 4. The SMILES string of the molecule is Clc1ccc(CNCc2cc(-c3ccccc3)cn3nnnc23)cc1. The molecule has 1 N–H and O–H groups in total. The standard InChI is InChI=1S/C19H16ClN5/c20-18-8-6-14(7-9-18)11-21-12-16-10-17(15-4-2-1-3-5-15)13-25-19(16)22-23-24-25/h1-10,13,21H,11-12H2. The fourth-order valence-electron chi connectivity index (χ4n) is 2.78. The van der Waals surface area contributed by atoms with Crippen molar-refractivity contribution in [1.82, 2.24) is 25.4 Å². The molecule has 0 unspecified atom stereocenters. The van der Waals surface area contributed by atoms with Gasteiger partial charge in [-0.3, -0.25) is 0 Å². The largest absolute Gasteiger partial charge is 0.308 e. The van der Waals surface area contributed by atoms with Gasteiger partial charge in [0.15, 0.2) is 5.65 Å². The summed E-state index contributed by atoms with van der Waals surface area (Å²) in [6, 6.07) is 20.2. The molecule has 0 aliphatic carbocycles. The number of fused-ring (bicyclic) bond motifs is 1. The minimum atomic E-state index is 0.674. The third-order valence-corrected chi connectivity index (χ3v) is 4.29. The summed E-state index contributed by atoms with van der Waals surface area (Å²) in [6.07, 6.45) is 1.95. The molecule has 0 spiro atoms. The summed E-state index contributed by atoms with van der Waals surface area (Å²) in [4.78, 5) is 0. The molecule has 0 aliphatic rings. The number of halogens is 1. The predicted molar refractivity (Wildman–Crippen MR) is 98.2 cm³/mol. The molecular formula is C19H16ClN5. The van der Waals surface area contributed by atoms with E-state index in [-0.39, 0.29) is 0 Å². The second-order valence-electron chi connectivity index (χ2n) is 5.80. The number of nitrogens with zero attached hydrogens (tertiary/aromatic N) is 4. The van der Waals surface area contributed by atoms with Crippen LogP contribution < -0.4 is 5.32 Å². The highest BCUT2D eigenvalue weighted by Crippen LogP contribution is 2.21. The van der Waals surface area contributed by atoms with Gasteiger partial charge in [0.2, 0.25) is 0 Å². The van der Waals surface area contributed by atoms with E-state index in [4.69, 9.17) is 11.6 Å². The van der Waals surface area contributed by atoms with E-state index in [0.717, 1.165) is 33.9 Å². The average molecular weight is 350 g/mol. The predicted octanol–water partition coefficient (Wildman–Crippen LogP) is 3.73. The Kier molecular flexibility index (Phi) is 4.41. The van der Waals surface area contributed by atoms with Crippen molar-refractivity contribution in [2.24, 2.45) is 0 Å². The Labute approximate surface area is 150 Å². The molecule has 4 aromatic rings. The minimum absolute atomic E-state index is 0.674. The maximum atomic E-state index is 5.92. The Bertz CT molecular complexity index is 980. The molecule has 0 bridgehead atoms. The molecule has 0 radical (unpaired) electrons. The highest BCUT2D eigenvalue weighted by Gasteiger charge is 2.09. The lowest BCUT2D eigenvalue weighted by Gasteiger charge is -2.09. The van der Waals surface area contributed by atoms with Gasteiger partial charge in [-0.25, -0.2) is 0 Å². The zero-order valence-corrected chi connectivity index (χ0v) is 14.2. The van der Waals surface area contributed by atoms with E-state index in [9.17, 15) is 0 Å². The molecule has 0 saturated carbocycles. The fourth-order valence-corrected chi connectivity index (χ4v) is 2.90. The molecule has 2 heterocycles. The molecule has 4 rings (SSSR count). The zero-order chi connectivity index (χ0) is 17.1. The van der Waals surface area contributed by atoms with Crippen LogP contribution in [0.25, 0.3) is 16.8 Å². The summed E-state index contributed by atoms with van der Waals surface area (Å²) in [5.74, 6) is 0. The summed E-state index contributed by atoms with van der Waals surface area (Å²) in [7, 11) is 0. The third-order valence-electron chi connectivity index (χ3n) is 4.04. The molecule has 0 aliphatic heterocycles. The Morgan fingerprint density at radius 2 is 1.72 bits per heavy atom. The number of pyridine rings is 1. The van der Waals surface area contributed by atoms with Crippen molar-refractivity contribution in [3.8, 4) is 11.1 Å². The number of benzene rings is 2. The van der Waals surface area contributed by atoms with Crippen molar-refractivity contribution in [3.63, 3.8) is 0 Å². The molecule has 124 valence electrons. The van der Waals surface area contributed by atoms with Gasteiger partial charge in [0.05, 0.1) is 0 Å². The normalized spacial score (nSPS) is 11.1. The Balaban J connectivity index is 1.58. The van der Waals surface area contributed by atoms with Crippen LogP contribution in [0.1, 0.15) is 11.1 Å². The number of tetrazole rings is 1. The highest BCUT2D eigenvalue weighted by molar-refractivity contribution is 6.30. The van der Waals surface area contributed by atoms with E-state index in [1.807, 2.05) is 48.7 Å². The van der Waals surface area contributed by atoms with Crippen molar-refractivity contribution in [2.75, 3.05) is 0 Å². The summed E-state index contributed by atoms with van der Waals surface area (Å²) in [5, 5.41) is 16.2. The molecule has 0 fully saturated rings. The van der Waals surface area contributed by atoms with Gasteiger partial charge >= 0.3 is 0 Å². The first-order valence-corrected chi connectivity index (χ1v) is 8.38. The smallest absolute Gasteiger partial charge is 0.183 e. The highest BCUT2D eigenvalue weighted by atomic mass is 35.5. The molecule has 6 heteroatoms. The molecular weight excluding hydrogens is 334 g/mol. The van der Waals surface area contributed by atoms with Gasteiger partial charge in [-0.05, 0) is 39.8 Å². The van der Waals surface area contributed by atoms with Crippen molar-refractivity contribution in [1.29, 1.82) is 0 Å². The van der Waals surface area contributed by atoms with Crippen LogP contribution in [0.3, 0.4) is 0 Å². The first-order valence-electron chi connectivity index (χ1n) is 8.01. The fraction of sp³-hybridized carbons (Fsp3) is 0.105. The summed E-state index contributed by atoms with van der Waals surface area (Å²) >= 11 is 5.92. The lowest BCUT2D eigenvalue weighted by atomic mass is 10.1. The number of hydrogen-bond donors (Lipinski definition) is 1. The van der Waals surface area contributed by atoms with Crippen LogP contribution in [0.15, 0.2) is 66.9 Å². The Morgan fingerprint density at radius 1 is 0.920 bits per heavy atom. The monoisotopic (exact) mass is 349 g/mol. The van der Waals surface area contributed by atoms with Crippen LogP contribution in [0.2, 0.25) is 5.02 Å². The van der Waals surface area contributed by atoms with Gasteiger partial charge in [-0.2, -0.15) is 4.52 Å². The molecule has 0 saturated heterocycles. The van der Waals surface area contributed by atoms with Gasteiger partial charge in [0, 0.05) is 35.4 Å². The van der Waals surface area contributed by atoms with Crippen LogP contribution in [-0.4, -0.2) is 20.0 Å². The second kappa shape index (κ2) is 7.01. The van der Waals surface area contributed by atoms with E-state index in [0.29, 0.717) is 6.54 Å². The van der Waals surface area contributed by atoms with Gasteiger partial charge in [-0.1, -0.05) is 54.1 Å². The van der Waals surface area contributed by atoms with Crippen molar-refractivity contribution in [3.05, 3.63) is 83.0 Å². The number of rotatable bonds is 5. The summed E-state index contributed by atoms with van der Waals surface area (Å²) < 4.78 is 1.72. The molecule has 0 amide bonds. The van der Waals surface area contributed by atoms with E-state index >= 15 is 0 Å². The first kappa shape index (κ1) is 15.7. The van der Waals surface area contributed by atoms with E-state index in [1.165, 1.54) is 5.56 Å². The maximum Gasteiger partial charge on any atom is 0.183 e. The lowest BCUT2D eigenvalue weighted by molar-refractivity contribution is 0.693. The third kappa shape index (κ3) is 3.52. The molecule has 0 atom stereocenters. The topological polar surface area (TPSA) is 55.1 Å². The quantitative estimate of drug-likeness (QED) is 0.596. The van der Waals surface area contributed by atoms with Crippen LogP contribution in [-0.2, 0) is 13.1 Å². The van der Waals surface area contributed by atoms with E-state index < -0.39 is 0 Å².